The standard InChI is InChI=1S/C19H23N3O.HI/c1-20-19(22-17-11-16-8-9-18(17)23-16)21-12-13-6-7-14-4-2-3-5-15(14)10-13;/h2-7,10,16-18H,8-9,11-12H2,1H3,(H2,20,21,22);1H. The largest absolute Gasteiger partial charge is 0.373 e. The van der Waals surface area contributed by atoms with Gasteiger partial charge in [-0.25, -0.2) is 0 Å². The van der Waals surface area contributed by atoms with Gasteiger partial charge in [-0.3, -0.25) is 4.99 Å². The fourth-order valence-electron chi connectivity index (χ4n) is 3.69. The minimum Gasteiger partial charge on any atom is -0.373 e. The number of fused-ring (bicyclic) bond motifs is 3. The molecule has 4 nitrogen and oxygen atoms in total. The molecule has 2 bridgehead atoms. The van der Waals surface area contributed by atoms with E-state index < -0.39 is 0 Å². The van der Waals surface area contributed by atoms with Gasteiger partial charge in [-0.2, -0.15) is 0 Å². The van der Waals surface area contributed by atoms with Crippen molar-refractivity contribution in [2.45, 2.75) is 44.1 Å². The molecule has 4 rings (SSSR count). The van der Waals surface area contributed by atoms with Crippen molar-refractivity contribution in [2.24, 2.45) is 4.99 Å². The molecule has 3 unspecified atom stereocenters. The molecule has 24 heavy (non-hydrogen) atoms. The first kappa shape index (κ1) is 17.5. The number of rotatable bonds is 3. The summed E-state index contributed by atoms with van der Waals surface area (Å²) in [4.78, 5) is 4.35. The summed E-state index contributed by atoms with van der Waals surface area (Å²) in [6.07, 6.45) is 4.30. The molecule has 0 aromatic heterocycles. The molecule has 3 atom stereocenters. The van der Waals surface area contributed by atoms with Crippen LogP contribution in [-0.2, 0) is 11.3 Å². The molecule has 2 aromatic rings. The second-order valence-corrected chi connectivity index (χ2v) is 6.47. The van der Waals surface area contributed by atoms with Crippen LogP contribution in [0.4, 0.5) is 0 Å². The van der Waals surface area contributed by atoms with Crippen LogP contribution in [0.1, 0.15) is 24.8 Å². The van der Waals surface area contributed by atoms with Gasteiger partial charge in [0.05, 0.1) is 18.2 Å². The molecule has 0 saturated carbocycles. The lowest BCUT2D eigenvalue weighted by Crippen LogP contribution is -2.47. The Labute approximate surface area is 160 Å². The van der Waals surface area contributed by atoms with Crippen LogP contribution in [0, 0.1) is 0 Å². The van der Waals surface area contributed by atoms with Crippen LogP contribution in [0.25, 0.3) is 10.8 Å². The Balaban J connectivity index is 0.00000169. The molecule has 0 aliphatic carbocycles. The number of benzene rings is 2. The smallest absolute Gasteiger partial charge is 0.191 e. The predicted octanol–water partition coefficient (Wildman–Crippen LogP) is 3.44. The Hall–Kier alpha value is -1.34. The molecular formula is C19H24IN3O. The minimum absolute atomic E-state index is 0. The Morgan fingerprint density at radius 3 is 2.71 bits per heavy atom. The van der Waals surface area contributed by atoms with Crippen LogP contribution in [0.15, 0.2) is 47.5 Å². The molecule has 2 fully saturated rings. The first-order valence-corrected chi connectivity index (χ1v) is 8.42. The summed E-state index contributed by atoms with van der Waals surface area (Å²) in [5, 5.41) is 9.49. The third-order valence-corrected chi connectivity index (χ3v) is 4.93. The molecular weight excluding hydrogens is 413 g/mol. The molecule has 2 aliphatic heterocycles. The predicted molar refractivity (Wildman–Crippen MR) is 109 cm³/mol. The fraction of sp³-hybridized carbons (Fsp3) is 0.421. The summed E-state index contributed by atoms with van der Waals surface area (Å²) in [5.74, 6) is 0.860. The number of hydrogen-bond donors (Lipinski definition) is 2. The van der Waals surface area contributed by atoms with Crippen LogP contribution in [0.2, 0.25) is 0 Å². The van der Waals surface area contributed by atoms with E-state index in [2.05, 4.69) is 58.1 Å². The summed E-state index contributed by atoms with van der Waals surface area (Å²) in [6.45, 7) is 0.770. The average molecular weight is 437 g/mol. The van der Waals surface area contributed by atoms with E-state index in [1.807, 2.05) is 7.05 Å². The number of halogens is 1. The third-order valence-electron chi connectivity index (χ3n) is 4.93. The lowest BCUT2D eigenvalue weighted by Gasteiger charge is -2.22. The van der Waals surface area contributed by atoms with Gasteiger partial charge < -0.3 is 15.4 Å². The Morgan fingerprint density at radius 1 is 1.17 bits per heavy atom. The van der Waals surface area contributed by atoms with Crippen LogP contribution in [-0.4, -0.2) is 31.3 Å². The fourth-order valence-corrected chi connectivity index (χ4v) is 3.69. The van der Waals surface area contributed by atoms with Crippen molar-refractivity contribution in [2.75, 3.05) is 7.05 Å². The lowest BCUT2D eigenvalue weighted by atomic mass is 9.96. The van der Waals surface area contributed by atoms with Gasteiger partial charge in [-0.1, -0.05) is 36.4 Å². The van der Waals surface area contributed by atoms with Crippen molar-refractivity contribution < 1.29 is 4.74 Å². The number of ether oxygens (including phenoxy) is 1. The number of guanidine groups is 1. The zero-order chi connectivity index (χ0) is 15.6. The highest BCUT2D eigenvalue weighted by Gasteiger charge is 2.41. The molecule has 2 heterocycles. The molecule has 2 saturated heterocycles. The van der Waals surface area contributed by atoms with Gasteiger partial charge in [0.25, 0.3) is 0 Å². The zero-order valence-corrected chi connectivity index (χ0v) is 16.2. The highest BCUT2D eigenvalue weighted by molar-refractivity contribution is 14.0. The lowest BCUT2D eigenvalue weighted by molar-refractivity contribution is 0.0992. The van der Waals surface area contributed by atoms with Crippen molar-refractivity contribution >= 4 is 40.7 Å². The maximum absolute atomic E-state index is 5.90. The molecule has 0 spiro atoms. The van der Waals surface area contributed by atoms with Gasteiger partial charge in [-0.15, -0.1) is 24.0 Å². The molecule has 2 aliphatic rings. The van der Waals surface area contributed by atoms with E-state index in [0.29, 0.717) is 18.2 Å². The first-order valence-electron chi connectivity index (χ1n) is 8.42. The highest BCUT2D eigenvalue weighted by Crippen LogP contribution is 2.34. The van der Waals surface area contributed by atoms with E-state index >= 15 is 0 Å². The third kappa shape index (κ3) is 3.67. The Morgan fingerprint density at radius 2 is 2.00 bits per heavy atom. The molecule has 0 radical (unpaired) electrons. The summed E-state index contributed by atoms with van der Waals surface area (Å²) in [6, 6.07) is 15.4. The van der Waals surface area contributed by atoms with Crippen LogP contribution in [0.5, 0.6) is 0 Å². The van der Waals surface area contributed by atoms with Crippen LogP contribution in [0.3, 0.4) is 0 Å². The van der Waals surface area contributed by atoms with E-state index in [1.165, 1.54) is 29.2 Å². The second-order valence-electron chi connectivity index (χ2n) is 6.47. The van der Waals surface area contributed by atoms with Crippen molar-refractivity contribution in [1.29, 1.82) is 0 Å². The van der Waals surface area contributed by atoms with Gasteiger partial charge in [0.2, 0.25) is 0 Å². The van der Waals surface area contributed by atoms with Gasteiger partial charge >= 0.3 is 0 Å². The molecule has 128 valence electrons. The van der Waals surface area contributed by atoms with E-state index in [4.69, 9.17) is 4.74 Å². The monoisotopic (exact) mass is 437 g/mol. The van der Waals surface area contributed by atoms with Crippen molar-refractivity contribution in [3.63, 3.8) is 0 Å². The Kier molecular flexibility index (Phi) is 5.61. The van der Waals surface area contributed by atoms with Crippen LogP contribution >= 0.6 is 24.0 Å². The Bertz CT molecular complexity index is 733. The average Bonchev–Trinajstić information content (AvgIpc) is 3.21. The van der Waals surface area contributed by atoms with Gasteiger partial charge in [0.15, 0.2) is 5.96 Å². The number of nitrogens with one attached hydrogen (secondary N) is 2. The van der Waals surface area contributed by atoms with E-state index in [0.717, 1.165) is 18.9 Å². The van der Waals surface area contributed by atoms with E-state index in [9.17, 15) is 0 Å². The van der Waals surface area contributed by atoms with E-state index in [-0.39, 0.29) is 24.0 Å². The normalized spacial score (nSPS) is 25.5. The van der Waals surface area contributed by atoms with Gasteiger partial charge in [0, 0.05) is 13.6 Å². The van der Waals surface area contributed by atoms with Crippen LogP contribution < -0.4 is 10.6 Å². The summed E-state index contributed by atoms with van der Waals surface area (Å²) in [5.41, 5.74) is 1.26. The SMILES string of the molecule is CN=C(NCc1ccc2ccccc2c1)NC1CC2CCC1O2.I. The summed E-state index contributed by atoms with van der Waals surface area (Å²) >= 11 is 0. The van der Waals surface area contributed by atoms with Gasteiger partial charge in [-0.05, 0) is 41.7 Å². The van der Waals surface area contributed by atoms with Gasteiger partial charge in [0.1, 0.15) is 0 Å². The second kappa shape index (κ2) is 7.70. The van der Waals surface area contributed by atoms with E-state index in [1.54, 1.807) is 0 Å². The molecule has 2 N–H and O–H groups in total. The molecule has 5 heteroatoms. The first-order chi connectivity index (χ1) is 11.3. The zero-order valence-electron chi connectivity index (χ0n) is 13.9. The van der Waals surface area contributed by atoms with Crippen molar-refractivity contribution in [3.8, 4) is 0 Å². The summed E-state index contributed by atoms with van der Waals surface area (Å²) in [7, 11) is 1.82. The maximum atomic E-state index is 5.90. The number of aliphatic imine (C=N–C) groups is 1. The molecule has 2 aromatic carbocycles. The quantitative estimate of drug-likeness (QED) is 0.440. The minimum atomic E-state index is 0. The number of hydrogen-bond acceptors (Lipinski definition) is 2. The topological polar surface area (TPSA) is 45.7 Å². The highest BCUT2D eigenvalue weighted by atomic mass is 127. The number of nitrogens with zero attached hydrogens (tertiary/aromatic N) is 1. The maximum Gasteiger partial charge on any atom is 0.191 e. The summed E-state index contributed by atoms with van der Waals surface area (Å²) < 4.78 is 5.90. The molecule has 0 amide bonds. The van der Waals surface area contributed by atoms with Crippen molar-refractivity contribution in [3.05, 3.63) is 48.0 Å². The van der Waals surface area contributed by atoms with Crippen molar-refractivity contribution in [1.82, 2.24) is 10.6 Å².